The van der Waals surface area contributed by atoms with Crippen molar-refractivity contribution in [3.63, 3.8) is 0 Å². The molecule has 1 aromatic carbocycles. The van der Waals surface area contributed by atoms with Gasteiger partial charge in [0.2, 0.25) is 0 Å². The number of carbonyl (C=O) groups excluding carboxylic acids is 4. The van der Waals surface area contributed by atoms with Gasteiger partial charge in [0.25, 0.3) is 6.29 Å². The van der Waals surface area contributed by atoms with Crippen molar-refractivity contribution >= 4 is 23.9 Å². The molecule has 1 aliphatic heterocycles. The number of hydrogen-bond donors (Lipinski definition) is 0. The van der Waals surface area contributed by atoms with Crippen molar-refractivity contribution in [2.45, 2.75) is 91.3 Å². The Morgan fingerprint density at radius 1 is 1.03 bits per heavy atom. The Balaban J connectivity index is 2.01. The molecule has 0 spiro atoms. The van der Waals surface area contributed by atoms with Gasteiger partial charge in [-0.25, -0.2) is 0 Å². The maximum absolute atomic E-state index is 13.8. The zero-order chi connectivity index (χ0) is 25.0. The first kappa shape index (κ1) is 24.2. The molecule has 2 aliphatic carbocycles. The highest BCUT2D eigenvalue weighted by Crippen LogP contribution is 2.65. The molecule has 0 aromatic heterocycles. The summed E-state index contributed by atoms with van der Waals surface area (Å²) < 4.78 is 22.6. The van der Waals surface area contributed by atoms with Crippen molar-refractivity contribution in [1.29, 1.82) is 0 Å². The highest BCUT2D eigenvalue weighted by molar-refractivity contribution is 5.89. The second-order valence-electron chi connectivity index (χ2n) is 10.3. The Hall–Kier alpha value is -2.90. The van der Waals surface area contributed by atoms with E-state index in [1.54, 1.807) is 0 Å². The standard InChI is InChI=1S/C26H32O8/c1-13(2)18-12-17-8-9-19-25(6)10-7-11-26(19,23(30)34-24(25)33-16(5)29)20(17)22(32-15(4)28)21(18)31-14(3)27/h12-13,19,24H,7-11H2,1-6H3/t19-,24+,25-,26+/m0/s1. The van der Waals surface area contributed by atoms with E-state index in [0.29, 0.717) is 31.2 Å². The number of benzene rings is 1. The van der Waals surface area contributed by atoms with Crippen molar-refractivity contribution in [2.75, 3.05) is 0 Å². The van der Waals surface area contributed by atoms with E-state index in [1.807, 2.05) is 26.8 Å². The van der Waals surface area contributed by atoms with Crippen LogP contribution < -0.4 is 9.47 Å². The summed E-state index contributed by atoms with van der Waals surface area (Å²) in [4.78, 5) is 49.8. The zero-order valence-corrected chi connectivity index (χ0v) is 20.6. The molecule has 8 heteroatoms. The summed E-state index contributed by atoms with van der Waals surface area (Å²) >= 11 is 0. The van der Waals surface area contributed by atoms with Gasteiger partial charge in [-0.2, -0.15) is 0 Å². The molecule has 34 heavy (non-hydrogen) atoms. The van der Waals surface area contributed by atoms with Gasteiger partial charge in [-0.05, 0) is 43.1 Å². The van der Waals surface area contributed by atoms with E-state index in [4.69, 9.17) is 18.9 Å². The third-order valence-electron chi connectivity index (χ3n) is 7.68. The fourth-order valence-electron chi connectivity index (χ4n) is 6.43. The third-order valence-corrected chi connectivity index (χ3v) is 7.68. The van der Waals surface area contributed by atoms with E-state index in [2.05, 4.69) is 0 Å². The Kier molecular flexibility index (Phi) is 5.98. The van der Waals surface area contributed by atoms with Crippen molar-refractivity contribution in [1.82, 2.24) is 0 Å². The maximum atomic E-state index is 13.8. The summed E-state index contributed by atoms with van der Waals surface area (Å²) in [5.41, 5.74) is 0.505. The molecule has 2 fully saturated rings. The average molecular weight is 473 g/mol. The molecule has 1 saturated carbocycles. The van der Waals surface area contributed by atoms with Crippen molar-refractivity contribution < 1.29 is 38.1 Å². The van der Waals surface area contributed by atoms with Crippen LogP contribution >= 0.6 is 0 Å². The Morgan fingerprint density at radius 3 is 2.26 bits per heavy atom. The van der Waals surface area contributed by atoms with Gasteiger partial charge < -0.3 is 18.9 Å². The minimum absolute atomic E-state index is 0.0209. The van der Waals surface area contributed by atoms with Gasteiger partial charge in [0.05, 0.1) is 0 Å². The van der Waals surface area contributed by atoms with E-state index in [-0.39, 0.29) is 23.3 Å². The van der Waals surface area contributed by atoms with Crippen LogP contribution in [-0.2, 0) is 40.5 Å². The van der Waals surface area contributed by atoms with Crippen LogP contribution in [0.1, 0.15) is 89.8 Å². The minimum atomic E-state index is -1.09. The monoisotopic (exact) mass is 472 g/mol. The second-order valence-corrected chi connectivity index (χ2v) is 10.3. The highest BCUT2D eigenvalue weighted by atomic mass is 16.7. The Bertz CT molecular complexity index is 1070. The lowest BCUT2D eigenvalue weighted by molar-refractivity contribution is -0.259. The Morgan fingerprint density at radius 2 is 1.68 bits per heavy atom. The van der Waals surface area contributed by atoms with Crippen LogP contribution in [0.2, 0.25) is 0 Å². The van der Waals surface area contributed by atoms with Crippen LogP contribution in [0.15, 0.2) is 6.07 Å². The summed E-state index contributed by atoms with van der Waals surface area (Å²) in [5, 5.41) is 0. The predicted octanol–water partition coefficient (Wildman–Crippen LogP) is 4.10. The van der Waals surface area contributed by atoms with Gasteiger partial charge in [-0.3, -0.25) is 19.2 Å². The fraction of sp³-hybridized carbons (Fsp3) is 0.615. The molecule has 0 radical (unpaired) electrons. The molecule has 0 N–H and O–H groups in total. The van der Waals surface area contributed by atoms with Crippen LogP contribution in [0.4, 0.5) is 0 Å². The van der Waals surface area contributed by atoms with Crippen molar-refractivity contribution in [3.8, 4) is 11.5 Å². The molecule has 1 heterocycles. The van der Waals surface area contributed by atoms with Crippen LogP contribution in [-0.4, -0.2) is 30.2 Å². The smallest absolute Gasteiger partial charge is 0.320 e. The number of rotatable bonds is 4. The van der Waals surface area contributed by atoms with E-state index in [1.165, 1.54) is 20.8 Å². The van der Waals surface area contributed by atoms with Gasteiger partial charge in [0.15, 0.2) is 11.5 Å². The second kappa shape index (κ2) is 8.40. The molecule has 8 nitrogen and oxygen atoms in total. The molecule has 3 aliphatic rings. The summed E-state index contributed by atoms with van der Waals surface area (Å²) in [7, 11) is 0. The number of aryl methyl sites for hydroxylation is 1. The number of hydrogen-bond acceptors (Lipinski definition) is 8. The molecule has 184 valence electrons. The summed E-state index contributed by atoms with van der Waals surface area (Å²) in [6, 6.07) is 1.97. The van der Waals surface area contributed by atoms with Gasteiger partial charge in [0, 0.05) is 37.3 Å². The summed E-state index contributed by atoms with van der Waals surface area (Å²) in [5.74, 6) is -2.04. The van der Waals surface area contributed by atoms with Crippen molar-refractivity contribution in [3.05, 3.63) is 22.8 Å². The molecule has 4 atom stereocenters. The molecule has 1 aromatic rings. The third kappa shape index (κ3) is 3.58. The maximum Gasteiger partial charge on any atom is 0.320 e. The number of ether oxygens (including phenoxy) is 4. The molecule has 0 amide bonds. The molecule has 4 rings (SSSR count). The van der Waals surface area contributed by atoms with Crippen LogP contribution in [0, 0.1) is 11.3 Å². The molecular weight excluding hydrogens is 440 g/mol. The van der Waals surface area contributed by atoms with Crippen LogP contribution in [0.25, 0.3) is 0 Å². The SMILES string of the molecule is CC(=O)Oc1c(C(C)C)cc2c(c1OC(C)=O)[C@]13CCC[C@](C)([C@H](OC(C)=O)OC1=O)[C@@H]3CC2. The lowest BCUT2D eigenvalue weighted by Gasteiger charge is -2.59. The Labute approximate surface area is 199 Å². The van der Waals surface area contributed by atoms with Crippen LogP contribution in [0.3, 0.4) is 0 Å². The average Bonchev–Trinajstić information content (AvgIpc) is 2.72. The first-order chi connectivity index (χ1) is 15.9. The van der Waals surface area contributed by atoms with E-state index in [0.717, 1.165) is 17.5 Å². The predicted molar refractivity (Wildman–Crippen MR) is 120 cm³/mol. The van der Waals surface area contributed by atoms with E-state index < -0.39 is 41.0 Å². The topological polar surface area (TPSA) is 105 Å². The number of esters is 4. The number of fused-ring (bicyclic) bond motifs is 1. The van der Waals surface area contributed by atoms with Gasteiger partial charge in [-0.15, -0.1) is 0 Å². The fourth-order valence-corrected chi connectivity index (χ4v) is 6.43. The van der Waals surface area contributed by atoms with E-state index >= 15 is 0 Å². The normalized spacial score (nSPS) is 29.4. The van der Waals surface area contributed by atoms with E-state index in [9.17, 15) is 19.2 Å². The van der Waals surface area contributed by atoms with Gasteiger partial charge in [-0.1, -0.05) is 33.3 Å². The van der Waals surface area contributed by atoms with Crippen molar-refractivity contribution in [2.24, 2.45) is 11.3 Å². The molecule has 0 unspecified atom stereocenters. The van der Waals surface area contributed by atoms with Crippen LogP contribution in [0.5, 0.6) is 11.5 Å². The summed E-state index contributed by atoms with van der Waals surface area (Å²) in [6.07, 6.45) is 2.29. The highest BCUT2D eigenvalue weighted by Gasteiger charge is 2.68. The van der Waals surface area contributed by atoms with Gasteiger partial charge >= 0.3 is 23.9 Å². The molecule has 1 saturated heterocycles. The minimum Gasteiger partial charge on any atom is -0.425 e. The number of cyclic esters (lactones) is 1. The quantitative estimate of drug-likeness (QED) is 0.476. The first-order valence-electron chi connectivity index (χ1n) is 11.9. The lowest BCUT2D eigenvalue weighted by atomic mass is 9.47. The zero-order valence-electron chi connectivity index (χ0n) is 20.6. The number of carbonyl (C=O) groups is 4. The van der Waals surface area contributed by atoms with Gasteiger partial charge in [0.1, 0.15) is 5.41 Å². The molecule has 2 bridgehead atoms. The lowest BCUT2D eigenvalue weighted by Crippen LogP contribution is -2.65. The molecular formula is C26H32O8. The first-order valence-corrected chi connectivity index (χ1v) is 11.9. The summed E-state index contributed by atoms with van der Waals surface area (Å²) in [6.45, 7) is 9.80. The largest absolute Gasteiger partial charge is 0.425 e.